The van der Waals surface area contributed by atoms with Gasteiger partial charge < -0.3 is 10.1 Å². The molecule has 3 aromatic rings. The van der Waals surface area contributed by atoms with Gasteiger partial charge in [0.2, 0.25) is 5.43 Å². The molecule has 140 valence electrons. The second-order valence-corrected chi connectivity index (χ2v) is 5.79. The molecule has 4 nitrogen and oxygen atoms in total. The first-order valence-corrected chi connectivity index (χ1v) is 7.51. The SMILES string of the molecule is O=C(O)c1c[nH]c2c(F)c(Cc3cccc(C(F)(F)F)c3)cc(F)c2c1=O. The molecule has 0 aliphatic carbocycles. The molecule has 0 bridgehead atoms. The van der Waals surface area contributed by atoms with Crippen molar-refractivity contribution in [2.24, 2.45) is 0 Å². The average molecular weight is 383 g/mol. The van der Waals surface area contributed by atoms with Crippen molar-refractivity contribution in [3.8, 4) is 0 Å². The van der Waals surface area contributed by atoms with Gasteiger partial charge in [-0.05, 0) is 23.3 Å². The van der Waals surface area contributed by atoms with Crippen molar-refractivity contribution >= 4 is 16.9 Å². The summed E-state index contributed by atoms with van der Waals surface area (Å²) in [7, 11) is 0. The molecule has 0 aliphatic rings. The Kier molecular flexibility index (Phi) is 4.46. The maximum atomic E-state index is 14.7. The monoisotopic (exact) mass is 383 g/mol. The van der Waals surface area contributed by atoms with Gasteiger partial charge in [-0.1, -0.05) is 18.2 Å². The quantitative estimate of drug-likeness (QED) is 0.669. The van der Waals surface area contributed by atoms with Crippen LogP contribution in [0.25, 0.3) is 10.9 Å². The number of aromatic amines is 1. The average Bonchev–Trinajstić information content (AvgIpc) is 2.58. The molecule has 0 amide bonds. The van der Waals surface area contributed by atoms with E-state index in [1.807, 2.05) is 0 Å². The topological polar surface area (TPSA) is 70.2 Å². The maximum Gasteiger partial charge on any atom is 0.416 e. The minimum Gasteiger partial charge on any atom is -0.477 e. The minimum atomic E-state index is -4.58. The molecule has 0 aliphatic heterocycles. The second kappa shape index (κ2) is 6.49. The zero-order chi connectivity index (χ0) is 19.9. The molecule has 1 heterocycles. The normalized spacial score (nSPS) is 11.7. The Morgan fingerprint density at radius 3 is 2.48 bits per heavy atom. The highest BCUT2D eigenvalue weighted by molar-refractivity contribution is 5.92. The first-order valence-electron chi connectivity index (χ1n) is 7.51. The van der Waals surface area contributed by atoms with Crippen molar-refractivity contribution in [3.63, 3.8) is 0 Å². The van der Waals surface area contributed by atoms with Crippen molar-refractivity contribution in [2.75, 3.05) is 0 Å². The standard InChI is InChI=1S/C18H10F5NO3/c19-12-6-9(4-8-2-1-3-10(5-8)18(21,22)23)14(20)15-13(12)16(25)11(7-24-15)17(26)27/h1-3,5-7H,4H2,(H,24,25)(H,26,27). The summed E-state index contributed by atoms with van der Waals surface area (Å²) >= 11 is 0. The number of rotatable bonds is 3. The van der Waals surface area contributed by atoms with Gasteiger partial charge in [0.05, 0.1) is 16.5 Å². The Labute approximate surface area is 147 Å². The zero-order valence-electron chi connectivity index (χ0n) is 13.3. The lowest BCUT2D eigenvalue weighted by Crippen LogP contribution is -2.17. The molecule has 1 aromatic heterocycles. The molecule has 0 radical (unpaired) electrons. The first-order chi connectivity index (χ1) is 12.6. The van der Waals surface area contributed by atoms with Gasteiger partial charge in [0.15, 0.2) is 5.82 Å². The number of benzene rings is 2. The largest absolute Gasteiger partial charge is 0.477 e. The number of nitrogens with one attached hydrogen (secondary N) is 1. The summed E-state index contributed by atoms with van der Waals surface area (Å²) in [6, 6.07) is 4.82. The van der Waals surface area contributed by atoms with E-state index in [1.54, 1.807) is 0 Å². The molecule has 0 unspecified atom stereocenters. The number of alkyl halides is 3. The summed E-state index contributed by atoms with van der Waals surface area (Å²) in [5.74, 6) is -3.82. The van der Waals surface area contributed by atoms with E-state index in [4.69, 9.17) is 5.11 Å². The fourth-order valence-corrected chi connectivity index (χ4v) is 2.75. The van der Waals surface area contributed by atoms with Gasteiger partial charge in [-0.15, -0.1) is 0 Å². The first kappa shape index (κ1) is 18.6. The van der Waals surface area contributed by atoms with E-state index in [0.29, 0.717) is 6.07 Å². The van der Waals surface area contributed by atoms with Gasteiger partial charge in [-0.25, -0.2) is 13.6 Å². The predicted molar refractivity (Wildman–Crippen MR) is 85.7 cm³/mol. The van der Waals surface area contributed by atoms with Gasteiger partial charge >= 0.3 is 12.1 Å². The third-order valence-corrected chi connectivity index (χ3v) is 4.00. The van der Waals surface area contributed by atoms with Gasteiger partial charge in [-0.2, -0.15) is 13.2 Å². The number of fused-ring (bicyclic) bond motifs is 1. The van der Waals surface area contributed by atoms with Crippen molar-refractivity contribution < 1.29 is 31.9 Å². The Morgan fingerprint density at radius 1 is 1.15 bits per heavy atom. The van der Waals surface area contributed by atoms with E-state index >= 15 is 0 Å². The van der Waals surface area contributed by atoms with Gasteiger partial charge in [0.25, 0.3) is 0 Å². The van der Waals surface area contributed by atoms with Crippen LogP contribution in [0.1, 0.15) is 27.0 Å². The lowest BCUT2D eigenvalue weighted by atomic mass is 9.99. The van der Waals surface area contributed by atoms with Crippen LogP contribution in [-0.4, -0.2) is 16.1 Å². The summed E-state index contributed by atoms with van der Waals surface area (Å²) in [4.78, 5) is 25.2. The Balaban J connectivity index is 2.12. The highest BCUT2D eigenvalue weighted by Crippen LogP contribution is 2.30. The van der Waals surface area contributed by atoms with E-state index < -0.39 is 51.2 Å². The lowest BCUT2D eigenvalue weighted by molar-refractivity contribution is -0.137. The number of H-pyrrole nitrogens is 1. The molecule has 0 saturated heterocycles. The number of carboxylic acid groups (broad SMARTS) is 1. The third-order valence-electron chi connectivity index (χ3n) is 4.00. The number of carboxylic acids is 1. The van der Waals surface area contributed by atoms with Crippen LogP contribution in [0.15, 0.2) is 41.3 Å². The molecule has 0 saturated carbocycles. The van der Waals surface area contributed by atoms with Crippen LogP contribution < -0.4 is 5.43 Å². The molecule has 2 aromatic carbocycles. The highest BCUT2D eigenvalue weighted by Gasteiger charge is 2.30. The zero-order valence-corrected chi connectivity index (χ0v) is 13.3. The molecule has 3 rings (SSSR count). The van der Waals surface area contributed by atoms with Crippen LogP contribution in [-0.2, 0) is 12.6 Å². The number of carbonyl (C=O) groups is 1. The number of aromatic carboxylic acids is 1. The summed E-state index contributed by atoms with van der Waals surface area (Å²) in [6.45, 7) is 0. The van der Waals surface area contributed by atoms with Crippen LogP contribution in [0.2, 0.25) is 0 Å². The molecule has 9 heteroatoms. The fraction of sp³-hybridized carbons (Fsp3) is 0.111. The second-order valence-electron chi connectivity index (χ2n) is 5.79. The van der Waals surface area contributed by atoms with E-state index in [9.17, 15) is 31.5 Å². The molecule has 0 atom stereocenters. The van der Waals surface area contributed by atoms with Crippen LogP contribution in [0, 0.1) is 11.6 Å². The van der Waals surface area contributed by atoms with E-state index in [2.05, 4.69) is 4.98 Å². The Bertz CT molecular complexity index is 1120. The molecule has 2 N–H and O–H groups in total. The van der Waals surface area contributed by atoms with Gasteiger partial charge in [0.1, 0.15) is 11.4 Å². The fourth-order valence-electron chi connectivity index (χ4n) is 2.75. The van der Waals surface area contributed by atoms with Crippen LogP contribution in [0.3, 0.4) is 0 Å². The molecule has 0 spiro atoms. The van der Waals surface area contributed by atoms with E-state index in [1.165, 1.54) is 6.07 Å². The highest BCUT2D eigenvalue weighted by atomic mass is 19.4. The van der Waals surface area contributed by atoms with Crippen LogP contribution in [0.5, 0.6) is 0 Å². The summed E-state index contributed by atoms with van der Waals surface area (Å²) in [5.41, 5.74) is -3.62. The van der Waals surface area contributed by atoms with Crippen LogP contribution in [0.4, 0.5) is 22.0 Å². The van der Waals surface area contributed by atoms with Gasteiger partial charge in [0, 0.05) is 12.6 Å². The molecular weight excluding hydrogens is 373 g/mol. The predicted octanol–water partition coefficient (Wildman–Crippen LogP) is 4.11. The smallest absolute Gasteiger partial charge is 0.416 e. The lowest BCUT2D eigenvalue weighted by Gasteiger charge is -2.11. The molecular formula is C18H10F5NO3. The van der Waals surface area contributed by atoms with Crippen LogP contribution >= 0.6 is 0 Å². The van der Waals surface area contributed by atoms with Crippen molar-refractivity contribution in [1.29, 1.82) is 0 Å². The van der Waals surface area contributed by atoms with E-state index in [-0.39, 0.29) is 17.5 Å². The Morgan fingerprint density at radius 2 is 1.85 bits per heavy atom. The third kappa shape index (κ3) is 3.40. The van der Waals surface area contributed by atoms with E-state index in [0.717, 1.165) is 24.4 Å². The summed E-state index contributed by atoms with van der Waals surface area (Å²) < 4.78 is 67.4. The summed E-state index contributed by atoms with van der Waals surface area (Å²) in [6.07, 6.45) is -4.20. The molecule has 0 fully saturated rings. The number of aromatic nitrogens is 1. The van der Waals surface area contributed by atoms with Crippen molar-refractivity contribution in [3.05, 3.63) is 80.6 Å². The minimum absolute atomic E-state index is 0.0898. The maximum absolute atomic E-state index is 14.7. The van der Waals surface area contributed by atoms with Crippen molar-refractivity contribution in [2.45, 2.75) is 12.6 Å². The number of halogens is 5. The summed E-state index contributed by atoms with van der Waals surface area (Å²) in [5, 5.41) is 8.13. The number of hydrogen-bond acceptors (Lipinski definition) is 2. The van der Waals surface area contributed by atoms with Crippen molar-refractivity contribution in [1.82, 2.24) is 4.98 Å². The molecule has 27 heavy (non-hydrogen) atoms. The number of hydrogen-bond donors (Lipinski definition) is 2. The number of pyridine rings is 1. The Hall–Kier alpha value is -3.23. The van der Waals surface area contributed by atoms with Gasteiger partial charge in [-0.3, -0.25) is 4.79 Å².